The highest BCUT2D eigenvalue weighted by molar-refractivity contribution is 7.80. The molecule has 1 aliphatic heterocycles. The van der Waals surface area contributed by atoms with E-state index in [4.69, 9.17) is 22.1 Å². The molecule has 2 amide bonds. The molecule has 0 radical (unpaired) electrons. The fourth-order valence-electron chi connectivity index (χ4n) is 2.72. The Kier molecular flexibility index (Phi) is 5.74. The first kappa shape index (κ1) is 20.2. The lowest BCUT2D eigenvalue weighted by atomic mass is 10.1. The van der Waals surface area contributed by atoms with Crippen LogP contribution in [0.2, 0.25) is 0 Å². The molecule has 1 saturated heterocycles. The maximum Gasteiger partial charge on any atom is 0.344 e. The van der Waals surface area contributed by atoms with Crippen molar-refractivity contribution in [2.45, 2.75) is 20.0 Å². The third-order valence-electron chi connectivity index (χ3n) is 4.21. The van der Waals surface area contributed by atoms with Gasteiger partial charge in [-0.3, -0.25) is 19.8 Å². The van der Waals surface area contributed by atoms with E-state index >= 15 is 0 Å². The summed E-state index contributed by atoms with van der Waals surface area (Å²) in [6, 6.07) is 13.6. The van der Waals surface area contributed by atoms with Crippen molar-refractivity contribution in [1.29, 1.82) is 0 Å². The molecule has 0 spiro atoms. The van der Waals surface area contributed by atoms with Gasteiger partial charge < -0.3 is 9.84 Å². The van der Waals surface area contributed by atoms with E-state index in [9.17, 15) is 14.4 Å². The first-order valence-electron chi connectivity index (χ1n) is 8.74. The average Bonchev–Trinajstić information content (AvgIpc) is 2.66. The van der Waals surface area contributed by atoms with Crippen LogP contribution in [0.5, 0.6) is 5.75 Å². The molecule has 1 heterocycles. The number of carboxylic acids is 1. The number of nitrogens with one attached hydrogen (secondary N) is 1. The van der Waals surface area contributed by atoms with Crippen molar-refractivity contribution in [3.05, 3.63) is 65.2 Å². The second-order valence-corrected chi connectivity index (χ2v) is 6.85. The van der Waals surface area contributed by atoms with Gasteiger partial charge in [0.05, 0.1) is 5.69 Å². The van der Waals surface area contributed by atoms with Gasteiger partial charge in [0, 0.05) is 0 Å². The molecular formula is C21H18N2O5S. The van der Waals surface area contributed by atoms with Crippen LogP contribution >= 0.6 is 12.2 Å². The van der Waals surface area contributed by atoms with E-state index in [1.54, 1.807) is 42.5 Å². The molecule has 3 rings (SSSR count). The molecule has 2 N–H and O–H groups in total. The van der Waals surface area contributed by atoms with E-state index in [2.05, 4.69) is 5.32 Å². The number of anilines is 1. The minimum absolute atomic E-state index is 0.0224. The van der Waals surface area contributed by atoms with Crippen LogP contribution in [-0.4, -0.2) is 34.1 Å². The lowest BCUT2D eigenvalue weighted by Crippen LogP contribution is -2.54. The molecular weight excluding hydrogens is 392 g/mol. The average molecular weight is 410 g/mol. The van der Waals surface area contributed by atoms with Crippen LogP contribution in [0.4, 0.5) is 5.69 Å². The number of aryl methyl sites for hydroxylation is 1. The largest absolute Gasteiger partial charge is 0.479 e. The maximum atomic E-state index is 13.0. The SMILES string of the molecule is Cc1cccc(N2C(=O)/C(=C\c3ccc(O[C@@H](C)C(=O)O)cc3)C(=O)NC2=S)c1. The predicted octanol–water partition coefficient (Wildman–Crippen LogP) is 2.68. The summed E-state index contributed by atoms with van der Waals surface area (Å²) in [6.45, 7) is 3.32. The Hall–Kier alpha value is -3.52. The molecule has 29 heavy (non-hydrogen) atoms. The number of hydrogen-bond acceptors (Lipinski definition) is 5. The van der Waals surface area contributed by atoms with Crippen molar-refractivity contribution >= 4 is 46.9 Å². The summed E-state index contributed by atoms with van der Waals surface area (Å²) < 4.78 is 5.27. The van der Waals surface area contributed by atoms with Gasteiger partial charge in [-0.2, -0.15) is 0 Å². The molecule has 0 aliphatic carbocycles. The zero-order chi connectivity index (χ0) is 21.1. The van der Waals surface area contributed by atoms with E-state index in [1.165, 1.54) is 17.9 Å². The summed E-state index contributed by atoms with van der Waals surface area (Å²) in [5.74, 6) is -1.81. The number of carbonyl (C=O) groups is 3. The number of rotatable bonds is 5. The smallest absolute Gasteiger partial charge is 0.344 e. The Morgan fingerprint density at radius 2 is 1.90 bits per heavy atom. The number of ether oxygens (including phenoxy) is 1. The summed E-state index contributed by atoms with van der Waals surface area (Å²) in [4.78, 5) is 37.5. The highest BCUT2D eigenvalue weighted by Crippen LogP contribution is 2.23. The highest BCUT2D eigenvalue weighted by Gasteiger charge is 2.34. The fourth-order valence-corrected chi connectivity index (χ4v) is 3.00. The van der Waals surface area contributed by atoms with Crippen LogP contribution in [-0.2, 0) is 14.4 Å². The fraction of sp³-hybridized carbons (Fsp3) is 0.143. The molecule has 1 atom stereocenters. The highest BCUT2D eigenvalue weighted by atomic mass is 32.1. The van der Waals surface area contributed by atoms with E-state index < -0.39 is 23.9 Å². The molecule has 2 aromatic carbocycles. The van der Waals surface area contributed by atoms with Crippen LogP contribution in [0.15, 0.2) is 54.1 Å². The number of thiocarbonyl (C=S) groups is 1. The molecule has 148 valence electrons. The minimum Gasteiger partial charge on any atom is -0.479 e. The second-order valence-electron chi connectivity index (χ2n) is 6.46. The van der Waals surface area contributed by atoms with Crippen molar-refractivity contribution in [3.63, 3.8) is 0 Å². The standard InChI is InChI=1S/C21H18N2O5S/c1-12-4-3-5-15(10-12)23-19(25)17(18(24)22-21(23)29)11-14-6-8-16(9-7-14)28-13(2)20(26)27/h3-11,13H,1-2H3,(H,26,27)(H,22,24,29)/b17-11-/t13-/m0/s1. The molecule has 0 aromatic heterocycles. The zero-order valence-electron chi connectivity index (χ0n) is 15.7. The van der Waals surface area contributed by atoms with Crippen molar-refractivity contribution < 1.29 is 24.2 Å². The Labute approximate surface area is 172 Å². The summed E-state index contributed by atoms with van der Waals surface area (Å²) in [5.41, 5.74) is 2.03. The second kappa shape index (κ2) is 8.24. The van der Waals surface area contributed by atoms with E-state index in [-0.39, 0.29) is 10.7 Å². The summed E-state index contributed by atoms with van der Waals surface area (Å²) in [6.07, 6.45) is 0.459. The number of carbonyl (C=O) groups excluding carboxylic acids is 2. The number of nitrogens with zero attached hydrogens (tertiary/aromatic N) is 1. The van der Waals surface area contributed by atoms with E-state index in [0.29, 0.717) is 17.0 Å². The molecule has 2 aromatic rings. The van der Waals surface area contributed by atoms with Gasteiger partial charge in [0.15, 0.2) is 11.2 Å². The van der Waals surface area contributed by atoms with Gasteiger partial charge in [0.1, 0.15) is 11.3 Å². The normalized spacial score (nSPS) is 16.6. The van der Waals surface area contributed by atoms with E-state index in [0.717, 1.165) is 5.56 Å². The Morgan fingerprint density at radius 3 is 2.52 bits per heavy atom. The van der Waals surface area contributed by atoms with Gasteiger partial charge >= 0.3 is 5.97 Å². The molecule has 1 fully saturated rings. The van der Waals surface area contributed by atoms with Crippen molar-refractivity contribution in [2.24, 2.45) is 0 Å². The quantitative estimate of drug-likeness (QED) is 0.447. The molecule has 0 bridgehead atoms. The number of amides is 2. The molecule has 7 nitrogen and oxygen atoms in total. The molecule has 8 heteroatoms. The van der Waals surface area contributed by atoms with E-state index in [1.807, 2.05) is 13.0 Å². The van der Waals surface area contributed by atoms with Gasteiger partial charge in [0.2, 0.25) is 0 Å². The van der Waals surface area contributed by atoms with Crippen LogP contribution in [0.1, 0.15) is 18.1 Å². The number of carboxylic acid groups (broad SMARTS) is 1. The van der Waals surface area contributed by atoms with Gasteiger partial charge in [-0.25, -0.2) is 4.79 Å². The monoisotopic (exact) mass is 410 g/mol. The Balaban J connectivity index is 1.87. The first-order chi connectivity index (χ1) is 13.8. The lowest BCUT2D eigenvalue weighted by molar-refractivity contribution is -0.144. The molecule has 1 aliphatic rings. The number of hydrogen-bond donors (Lipinski definition) is 2. The molecule has 0 saturated carbocycles. The third-order valence-corrected chi connectivity index (χ3v) is 4.50. The molecule has 0 unspecified atom stereocenters. The van der Waals surface area contributed by atoms with Crippen molar-refractivity contribution in [1.82, 2.24) is 5.32 Å². The maximum absolute atomic E-state index is 13.0. The third kappa shape index (κ3) is 4.49. The number of aliphatic carboxylic acids is 1. The van der Waals surface area contributed by atoms with Crippen LogP contribution in [0, 0.1) is 6.92 Å². The summed E-state index contributed by atoms with van der Waals surface area (Å²) in [7, 11) is 0. The predicted molar refractivity (Wildman–Crippen MR) is 112 cm³/mol. The first-order valence-corrected chi connectivity index (χ1v) is 9.15. The van der Waals surface area contributed by atoms with Gasteiger partial charge in [-0.15, -0.1) is 0 Å². The van der Waals surface area contributed by atoms with Gasteiger partial charge in [0.25, 0.3) is 11.8 Å². The minimum atomic E-state index is -1.08. The summed E-state index contributed by atoms with van der Waals surface area (Å²) in [5, 5.41) is 11.5. The van der Waals surface area contributed by atoms with Crippen LogP contribution in [0.3, 0.4) is 0 Å². The van der Waals surface area contributed by atoms with Crippen molar-refractivity contribution in [2.75, 3.05) is 4.90 Å². The van der Waals surface area contributed by atoms with Crippen LogP contribution in [0.25, 0.3) is 6.08 Å². The summed E-state index contributed by atoms with van der Waals surface area (Å²) >= 11 is 5.18. The van der Waals surface area contributed by atoms with Gasteiger partial charge in [-0.1, -0.05) is 24.3 Å². The Bertz CT molecular complexity index is 1030. The topological polar surface area (TPSA) is 95.9 Å². The lowest BCUT2D eigenvalue weighted by Gasteiger charge is -2.29. The number of benzene rings is 2. The van der Waals surface area contributed by atoms with Crippen LogP contribution < -0.4 is 15.0 Å². The van der Waals surface area contributed by atoms with Crippen molar-refractivity contribution in [3.8, 4) is 5.75 Å². The Morgan fingerprint density at radius 1 is 1.21 bits per heavy atom. The zero-order valence-corrected chi connectivity index (χ0v) is 16.5. The van der Waals surface area contributed by atoms with Gasteiger partial charge in [-0.05, 0) is 67.5 Å².